The number of carbonyl (C=O) groups is 1. The van der Waals surface area contributed by atoms with E-state index in [1.807, 2.05) is 4.90 Å². The Balaban J connectivity index is 0.00000208. The van der Waals surface area contributed by atoms with Crippen LogP contribution in [0.2, 0.25) is 0 Å². The fourth-order valence-electron chi connectivity index (χ4n) is 3.49. The summed E-state index contributed by atoms with van der Waals surface area (Å²) in [6.45, 7) is 5.10. The van der Waals surface area contributed by atoms with Gasteiger partial charge in [-0.1, -0.05) is 0 Å². The largest absolute Gasteiger partial charge is 0.448 e. The van der Waals surface area contributed by atoms with Crippen LogP contribution in [-0.4, -0.2) is 52.5 Å². The van der Waals surface area contributed by atoms with E-state index in [-0.39, 0.29) is 23.4 Å². The van der Waals surface area contributed by atoms with E-state index in [2.05, 4.69) is 10.0 Å². The van der Waals surface area contributed by atoms with E-state index in [4.69, 9.17) is 4.42 Å². The van der Waals surface area contributed by atoms with Gasteiger partial charge in [0.05, 0.1) is 5.56 Å². The van der Waals surface area contributed by atoms with Crippen molar-refractivity contribution in [1.82, 2.24) is 14.9 Å². The summed E-state index contributed by atoms with van der Waals surface area (Å²) in [5.41, 5.74) is 0.337. The van der Waals surface area contributed by atoms with Crippen molar-refractivity contribution >= 4 is 28.3 Å². The van der Waals surface area contributed by atoms with Gasteiger partial charge in [-0.2, -0.15) is 0 Å². The molecule has 3 rings (SSSR count). The van der Waals surface area contributed by atoms with Crippen LogP contribution in [0.1, 0.15) is 29.0 Å². The number of likely N-dealkylation sites (tertiary alicyclic amines) is 1. The summed E-state index contributed by atoms with van der Waals surface area (Å²) in [5, 5.41) is 3.20. The normalized spacial score (nSPS) is 24.2. The van der Waals surface area contributed by atoms with Gasteiger partial charge in [-0.15, -0.1) is 12.4 Å². The summed E-state index contributed by atoms with van der Waals surface area (Å²) in [6.07, 6.45) is 1.98. The second-order valence-corrected chi connectivity index (χ2v) is 8.11. The molecule has 2 N–H and O–H groups in total. The lowest BCUT2D eigenvalue weighted by atomic mass is 9.92. The molecule has 0 bridgehead atoms. The first-order valence-electron chi connectivity index (χ1n) is 7.96. The third-order valence-corrected chi connectivity index (χ3v) is 6.23. The molecule has 1 aromatic rings. The van der Waals surface area contributed by atoms with Gasteiger partial charge in [-0.05, 0) is 51.7 Å². The van der Waals surface area contributed by atoms with Gasteiger partial charge in [0, 0.05) is 19.2 Å². The van der Waals surface area contributed by atoms with Crippen molar-refractivity contribution in [3.05, 3.63) is 17.4 Å². The van der Waals surface area contributed by atoms with Crippen LogP contribution < -0.4 is 10.0 Å². The zero-order chi connectivity index (χ0) is 16.6. The molecule has 0 unspecified atom stereocenters. The van der Waals surface area contributed by atoms with E-state index in [0.29, 0.717) is 36.2 Å². The molecule has 2 fully saturated rings. The van der Waals surface area contributed by atoms with E-state index in [0.717, 1.165) is 25.9 Å². The fraction of sp³-hybridized carbons (Fsp3) is 0.667. The van der Waals surface area contributed by atoms with Crippen LogP contribution in [0.25, 0.3) is 0 Å². The van der Waals surface area contributed by atoms with Gasteiger partial charge in [0.25, 0.3) is 15.9 Å². The van der Waals surface area contributed by atoms with Crippen molar-refractivity contribution < 1.29 is 17.6 Å². The van der Waals surface area contributed by atoms with E-state index in [1.165, 1.54) is 13.1 Å². The average Bonchev–Trinajstić information content (AvgIpc) is 3.09. The first-order valence-corrected chi connectivity index (χ1v) is 9.44. The minimum absolute atomic E-state index is 0. The highest BCUT2D eigenvalue weighted by Gasteiger charge is 2.33. The topological polar surface area (TPSA) is 91.7 Å². The number of carbonyl (C=O) groups excluding carboxylic acids is 1. The second-order valence-electron chi connectivity index (χ2n) is 6.29. The Kier molecular flexibility index (Phi) is 5.95. The minimum atomic E-state index is -3.68. The number of furan rings is 1. The van der Waals surface area contributed by atoms with Crippen LogP contribution in [0.4, 0.5) is 0 Å². The molecule has 0 spiro atoms. The Morgan fingerprint density at radius 2 is 1.88 bits per heavy atom. The smallest absolute Gasteiger partial charge is 0.273 e. The Morgan fingerprint density at radius 1 is 1.29 bits per heavy atom. The molecule has 9 heteroatoms. The van der Waals surface area contributed by atoms with Gasteiger partial charge in [0.2, 0.25) is 5.09 Å². The zero-order valence-corrected chi connectivity index (χ0v) is 15.5. The highest BCUT2D eigenvalue weighted by atomic mass is 35.5. The number of hydrogen-bond donors (Lipinski definition) is 2. The van der Waals surface area contributed by atoms with E-state index >= 15 is 0 Å². The number of halogens is 1. The molecule has 1 amide bonds. The van der Waals surface area contributed by atoms with Crippen LogP contribution in [0.5, 0.6) is 0 Å². The molecule has 136 valence electrons. The van der Waals surface area contributed by atoms with E-state index < -0.39 is 10.0 Å². The molecule has 0 aromatic carbocycles. The number of aryl methyl sites for hydroxylation is 1. The minimum Gasteiger partial charge on any atom is -0.448 e. The summed E-state index contributed by atoms with van der Waals surface area (Å²) in [5.74, 6) is 1.48. The summed E-state index contributed by atoms with van der Waals surface area (Å²) < 4.78 is 31.1. The number of hydrogen-bond acceptors (Lipinski definition) is 5. The van der Waals surface area contributed by atoms with Gasteiger partial charge in [-0.25, -0.2) is 13.1 Å². The molecule has 0 aliphatic carbocycles. The summed E-state index contributed by atoms with van der Waals surface area (Å²) in [6, 6.07) is 1.33. The van der Waals surface area contributed by atoms with E-state index in [9.17, 15) is 13.2 Å². The molecule has 7 nitrogen and oxygen atoms in total. The van der Waals surface area contributed by atoms with Crippen molar-refractivity contribution in [3.63, 3.8) is 0 Å². The lowest BCUT2D eigenvalue weighted by Crippen LogP contribution is -2.32. The zero-order valence-electron chi connectivity index (χ0n) is 13.9. The highest BCUT2D eigenvalue weighted by molar-refractivity contribution is 7.89. The molecule has 2 atom stereocenters. The lowest BCUT2D eigenvalue weighted by molar-refractivity contribution is 0.0756. The van der Waals surface area contributed by atoms with Crippen molar-refractivity contribution in [2.45, 2.75) is 24.9 Å². The molecule has 3 heterocycles. The molecular weight excluding hydrogens is 354 g/mol. The van der Waals surface area contributed by atoms with Crippen LogP contribution >= 0.6 is 12.4 Å². The van der Waals surface area contributed by atoms with Crippen molar-refractivity contribution in [3.8, 4) is 0 Å². The molecular formula is C15H24ClN3O4S. The first-order chi connectivity index (χ1) is 10.9. The molecule has 0 radical (unpaired) electrons. The Hall–Kier alpha value is -1.09. The van der Waals surface area contributed by atoms with Crippen LogP contribution in [0, 0.1) is 18.8 Å². The maximum atomic E-state index is 12.8. The summed E-state index contributed by atoms with van der Waals surface area (Å²) >= 11 is 0. The summed E-state index contributed by atoms with van der Waals surface area (Å²) in [7, 11) is -2.36. The van der Waals surface area contributed by atoms with Crippen LogP contribution in [0.15, 0.2) is 15.6 Å². The quantitative estimate of drug-likeness (QED) is 0.819. The Labute approximate surface area is 148 Å². The van der Waals surface area contributed by atoms with Gasteiger partial charge in [-0.3, -0.25) is 4.79 Å². The maximum Gasteiger partial charge on any atom is 0.273 e. The first kappa shape index (κ1) is 19.2. The fourth-order valence-corrected chi connectivity index (χ4v) is 4.20. The Morgan fingerprint density at radius 3 is 2.42 bits per heavy atom. The number of rotatable bonds is 3. The number of sulfonamides is 1. The molecule has 2 aliphatic heterocycles. The number of nitrogens with zero attached hydrogens (tertiary/aromatic N) is 1. The standard InChI is InChI=1S/C15H23N3O4S.ClH/c1-10-13(7-14(22-10)23(20,21)16-2)15(19)18-5-3-11-8-17-9-12(11)4-6-18;/h7,11-12,16-17H,3-6,8-9H2,1-2H3;1H/t11-,12+;. The van der Waals surface area contributed by atoms with E-state index in [1.54, 1.807) is 6.92 Å². The van der Waals surface area contributed by atoms with Gasteiger partial charge in [0.15, 0.2) is 0 Å². The van der Waals surface area contributed by atoms with Gasteiger partial charge < -0.3 is 14.6 Å². The van der Waals surface area contributed by atoms with Crippen LogP contribution in [-0.2, 0) is 10.0 Å². The molecule has 2 saturated heterocycles. The third kappa shape index (κ3) is 3.61. The number of nitrogens with one attached hydrogen (secondary N) is 2. The second kappa shape index (κ2) is 7.43. The predicted molar refractivity (Wildman–Crippen MR) is 91.9 cm³/mol. The third-order valence-electron chi connectivity index (χ3n) is 4.97. The number of fused-ring (bicyclic) bond motifs is 1. The average molecular weight is 378 g/mol. The molecule has 1 aromatic heterocycles. The van der Waals surface area contributed by atoms with Crippen LogP contribution in [0.3, 0.4) is 0 Å². The number of amides is 1. The van der Waals surface area contributed by atoms with Gasteiger partial charge in [0.1, 0.15) is 5.76 Å². The lowest BCUT2D eigenvalue weighted by Gasteiger charge is -2.20. The molecule has 24 heavy (non-hydrogen) atoms. The van der Waals surface area contributed by atoms with Gasteiger partial charge >= 0.3 is 0 Å². The SMILES string of the molecule is CNS(=O)(=O)c1cc(C(=O)N2CC[C@@H]3CNC[C@@H]3CC2)c(C)o1.Cl. The Bertz CT molecular complexity index is 690. The van der Waals surface area contributed by atoms with Crippen molar-refractivity contribution in [2.24, 2.45) is 11.8 Å². The van der Waals surface area contributed by atoms with Crippen molar-refractivity contribution in [1.29, 1.82) is 0 Å². The predicted octanol–water partition coefficient (Wildman–Crippen LogP) is 0.990. The molecule has 2 aliphatic rings. The summed E-state index contributed by atoms with van der Waals surface area (Å²) in [4.78, 5) is 14.6. The highest BCUT2D eigenvalue weighted by Crippen LogP contribution is 2.28. The maximum absolute atomic E-state index is 12.8. The monoisotopic (exact) mass is 377 g/mol. The van der Waals surface area contributed by atoms with Crippen molar-refractivity contribution in [2.75, 3.05) is 33.2 Å². The molecule has 0 saturated carbocycles.